The molecule has 0 aliphatic rings. The summed E-state index contributed by atoms with van der Waals surface area (Å²) in [5, 5.41) is 2.42. The lowest BCUT2D eigenvalue weighted by atomic mass is 10.4. The molecule has 1 aromatic rings. The van der Waals surface area contributed by atoms with E-state index in [0.29, 0.717) is 24.6 Å². The van der Waals surface area contributed by atoms with E-state index in [1.807, 2.05) is 5.38 Å². The molecule has 0 aliphatic heterocycles. The van der Waals surface area contributed by atoms with Crippen LogP contribution in [0.1, 0.15) is 19.0 Å². The predicted molar refractivity (Wildman–Crippen MR) is 51.5 cm³/mol. The van der Waals surface area contributed by atoms with Crippen LogP contribution in [-0.4, -0.2) is 17.6 Å². The molecule has 13 heavy (non-hydrogen) atoms. The van der Waals surface area contributed by atoms with Crippen molar-refractivity contribution in [2.24, 2.45) is 0 Å². The van der Waals surface area contributed by atoms with Gasteiger partial charge in [0.05, 0.1) is 12.3 Å². The number of carbonyl (C=O) groups excluding carboxylic acids is 1. The standard InChI is InChI=1S/C8H12N2O2S/c1-2-7(11)12-4-3-6-5-13-8(9)10-6/h5H,2-4H2,1H3,(H2,9,10). The molecule has 0 aromatic carbocycles. The van der Waals surface area contributed by atoms with Gasteiger partial charge in [-0.05, 0) is 0 Å². The Morgan fingerprint density at radius 1 is 1.77 bits per heavy atom. The lowest BCUT2D eigenvalue weighted by Crippen LogP contribution is -2.06. The first-order valence-electron chi connectivity index (χ1n) is 4.08. The molecule has 1 heterocycles. The predicted octanol–water partition coefficient (Wildman–Crippen LogP) is 1.22. The monoisotopic (exact) mass is 200 g/mol. The number of nitrogen functional groups attached to an aromatic ring is 1. The second-order valence-electron chi connectivity index (χ2n) is 2.50. The molecular weight excluding hydrogens is 188 g/mol. The molecule has 0 unspecified atom stereocenters. The van der Waals surface area contributed by atoms with Crippen LogP contribution >= 0.6 is 11.3 Å². The molecule has 0 radical (unpaired) electrons. The van der Waals surface area contributed by atoms with Gasteiger partial charge in [0.25, 0.3) is 0 Å². The van der Waals surface area contributed by atoms with Crippen molar-refractivity contribution in [3.05, 3.63) is 11.1 Å². The van der Waals surface area contributed by atoms with E-state index in [9.17, 15) is 4.79 Å². The quantitative estimate of drug-likeness (QED) is 0.742. The minimum Gasteiger partial charge on any atom is -0.465 e. The van der Waals surface area contributed by atoms with Crippen molar-refractivity contribution < 1.29 is 9.53 Å². The molecule has 0 spiro atoms. The summed E-state index contributed by atoms with van der Waals surface area (Å²) in [5.41, 5.74) is 6.32. The molecule has 0 saturated heterocycles. The first kappa shape index (κ1) is 9.98. The SMILES string of the molecule is CCC(=O)OCCc1csc(N)n1. The van der Waals surface area contributed by atoms with Gasteiger partial charge in [0.1, 0.15) is 0 Å². The number of aromatic nitrogens is 1. The Hall–Kier alpha value is -1.10. The fraction of sp³-hybridized carbons (Fsp3) is 0.500. The van der Waals surface area contributed by atoms with Gasteiger partial charge in [-0.15, -0.1) is 11.3 Å². The normalized spacial score (nSPS) is 9.92. The maximum atomic E-state index is 10.7. The molecule has 0 amide bonds. The molecule has 0 bridgehead atoms. The number of hydrogen-bond donors (Lipinski definition) is 1. The van der Waals surface area contributed by atoms with Gasteiger partial charge in [0, 0.05) is 18.2 Å². The van der Waals surface area contributed by atoms with E-state index in [4.69, 9.17) is 10.5 Å². The molecule has 0 fully saturated rings. The van der Waals surface area contributed by atoms with Crippen molar-refractivity contribution in [1.29, 1.82) is 0 Å². The second-order valence-corrected chi connectivity index (χ2v) is 3.39. The van der Waals surface area contributed by atoms with E-state index in [1.165, 1.54) is 11.3 Å². The Bertz CT molecular complexity index is 285. The van der Waals surface area contributed by atoms with Crippen LogP contribution < -0.4 is 5.73 Å². The van der Waals surface area contributed by atoms with Gasteiger partial charge in [-0.3, -0.25) is 4.79 Å². The van der Waals surface area contributed by atoms with Crippen molar-refractivity contribution >= 4 is 22.4 Å². The highest BCUT2D eigenvalue weighted by Crippen LogP contribution is 2.11. The number of carbonyl (C=O) groups is 1. The molecule has 0 saturated carbocycles. The molecule has 1 rings (SSSR count). The van der Waals surface area contributed by atoms with Crippen molar-refractivity contribution in [2.45, 2.75) is 19.8 Å². The topological polar surface area (TPSA) is 65.2 Å². The third-order valence-electron chi connectivity index (χ3n) is 1.48. The first-order valence-corrected chi connectivity index (χ1v) is 4.96. The number of thiazole rings is 1. The maximum Gasteiger partial charge on any atom is 0.305 e. The molecule has 4 nitrogen and oxygen atoms in total. The largest absolute Gasteiger partial charge is 0.465 e. The van der Waals surface area contributed by atoms with Gasteiger partial charge in [0.2, 0.25) is 0 Å². The van der Waals surface area contributed by atoms with Crippen LogP contribution in [0, 0.1) is 0 Å². The van der Waals surface area contributed by atoms with Crippen molar-refractivity contribution in [2.75, 3.05) is 12.3 Å². The highest BCUT2D eigenvalue weighted by molar-refractivity contribution is 7.13. The number of esters is 1. The summed E-state index contributed by atoms with van der Waals surface area (Å²) in [4.78, 5) is 14.8. The first-order chi connectivity index (χ1) is 6.22. The number of hydrogen-bond acceptors (Lipinski definition) is 5. The summed E-state index contributed by atoms with van der Waals surface area (Å²) < 4.78 is 4.89. The fourth-order valence-electron chi connectivity index (χ4n) is 0.809. The molecule has 0 aliphatic carbocycles. The van der Waals surface area contributed by atoms with Crippen LogP contribution in [0.3, 0.4) is 0 Å². The van der Waals surface area contributed by atoms with Gasteiger partial charge < -0.3 is 10.5 Å². The van der Waals surface area contributed by atoms with Gasteiger partial charge in [-0.25, -0.2) is 4.98 Å². The van der Waals surface area contributed by atoms with E-state index in [1.54, 1.807) is 6.92 Å². The zero-order chi connectivity index (χ0) is 9.68. The van der Waals surface area contributed by atoms with Crippen molar-refractivity contribution in [1.82, 2.24) is 4.98 Å². The van der Waals surface area contributed by atoms with E-state index in [2.05, 4.69) is 4.98 Å². The number of anilines is 1. The summed E-state index contributed by atoms with van der Waals surface area (Å²) in [5.74, 6) is -0.178. The molecule has 72 valence electrons. The Labute approximate surface area is 80.7 Å². The van der Waals surface area contributed by atoms with Crippen LogP contribution in [0.15, 0.2) is 5.38 Å². The fourth-order valence-corrected chi connectivity index (χ4v) is 1.41. The zero-order valence-electron chi connectivity index (χ0n) is 7.45. The number of ether oxygens (including phenoxy) is 1. The Kier molecular flexibility index (Phi) is 3.70. The summed E-state index contributed by atoms with van der Waals surface area (Å²) in [6, 6.07) is 0. The van der Waals surface area contributed by atoms with Crippen molar-refractivity contribution in [3.8, 4) is 0 Å². The maximum absolute atomic E-state index is 10.7. The minimum absolute atomic E-state index is 0.178. The van der Waals surface area contributed by atoms with Crippen LogP contribution in [-0.2, 0) is 16.0 Å². The third-order valence-corrected chi connectivity index (χ3v) is 2.20. The van der Waals surface area contributed by atoms with Crippen LogP contribution in [0.5, 0.6) is 0 Å². The van der Waals surface area contributed by atoms with E-state index in [-0.39, 0.29) is 5.97 Å². The zero-order valence-corrected chi connectivity index (χ0v) is 8.26. The second kappa shape index (κ2) is 4.81. The third kappa shape index (κ3) is 3.42. The lowest BCUT2D eigenvalue weighted by Gasteiger charge is -1.99. The summed E-state index contributed by atoms with van der Waals surface area (Å²) in [6.07, 6.45) is 1.05. The number of nitrogens with two attached hydrogens (primary N) is 1. The molecule has 1 aromatic heterocycles. The van der Waals surface area contributed by atoms with Gasteiger partial charge >= 0.3 is 5.97 Å². The Morgan fingerprint density at radius 3 is 3.08 bits per heavy atom. The Balaban J connectivity index is 2.24. The smallest absolute Gasteiger partial charge is 0.305 e. The van der Waals surface area contributed by atoms with Crippen LogP contribution in [0.25, 0.3) is 0 Å². The van der Waals surface area contributed by atoms with Gasteiger partial charge in [0.15, 0.2) is 5.13 Å². The number of nitrogens with zero attached hydrogens (tertiary/aromatic N) is 1. The minimum atomic E-state index is -0.178. The van der Waals surface area contributed by atoms with Gasteiger partial charge in [-0.1, -0.05) is 6.92 Å². The van der Waals surface area contributed by atoms with Crippen molar-refractivity contribution in [3.63, 3.8) is 0 Å². The summed E-state index contributed by atoms with van der Waals surface area (Å²) >= 11 is 1.40. The summed E-state index contributed by atoms with van der Waals surface area (Å²) in [6.45, 7) is 2.15. The van der Waals surface area contributed by atoms with Crippen LogP contribution in [0.4, 0.5) is 5.13 Å². The molecular formula is C8H12N2O2S. The molecule has 2 N–H and O–H groups in total. The number of rotatable bonds is 4. The Morgan fingerprint density at radius 2 is 2.54 bits per heavy atom. The average Bonchev–Trinajstić information content (AvgIpc) is 2.51. The molecule has 5 heteroatoms. The van der Waals surface area contributed by atoms with E-state index < -0.39 is 0 Å². The molecule has 0 atom stereocenters. The summed E-state index contributed by atoms with van der Waals surface area (Å²) in [7, 11) is 0. The van der Waals surface area contributed by atoms with E-state index in [0.717, 1.165) is 5.69 Å². The van der Waals surface area contributed by atoms with Gasteiger partial charge in [-0.2, -0.15) is 0 Å². The lowest BCUT2D eigenvalue weighted by molar-refractivity contribution is -0.143. The highest BCUT2D eigenvalue weighted by atomic mass is 32.1. The average molecular weight is 200 g/mol. The van der Waals surface area contributed by atoms with E-state index >= 15 is 0 Å². The van der Waals surface area contributed by atoms with Crippen LogP contribution in [0.2, 0.25) is 0 Å². The highest BCUT2D eigenvalue weighted by Gasteiger charge is 2.01.